The normalized spacial score (nSPS) is 21.3. The van der Waals surface area contributed by atoms with E-state index >= 15 is 0 Å². The summed E-state index contributed by atoms with van der Waals surface area (Å²) < 4.78 is 5.75. The predicted molar refractivity (Wildman–Crippen MR) is 85.6 cm³/mol. The first kappa shape index (κ1) is 16.3. The number of hydrogen-bond donors (Lipinski definition) is 1. The molecule has 21 heavy (non-hydrogen) atoms. The second-order valence-corrected chi connectivity index (χ2v) is 6.87. The lowest BCUT2D eigenvalue weighted by atomic mass is 10.0. The van der Waals surface area contributed by atoms with E-state index in [2.05, 4.69) is 0 Å². The highest BCUT2D eigenvalue weighted by Crippen LogP contribution is 2.23. The Hall–Kier alpha value is -1.04. The molecule has 1 amide bonds. The van der Waals surface area contributed by atoms with Crippen molar-refractivity contribution in [3.05, 3.63) is 35.4 Å². The zero-order valence-electron chi connectivity index (χ0n) is 12.8. The highest BCUT2D eigenvalue weighted by Gasteiger charge is 2.35. The number of carbonyl (C=O) groups excluding carboxylic acids is 1. The molecule has 1 aromatic carbocycles. The van der Waals surface area contributed by atoms with E-state index in [1.807, 2.05) is 44.4 Å². The molecule has 4 nitrogen and oxygen atoms in total. The summed E-state index contributed by atoms with van der Waals surface area (Å²) in [6.45, 7) is 4.79. The number of amides is 1. The fourth-order valence-electron chi connectivity index (χ4n) is 2.69. The zero-order chi connectivity index (χ0) is 15.5. The van der Waals surface area contributed by atoms with Gasteiger partial charge in [0, 0.05) is 24.4 Å². The molecule has 1 aliphatic rings. The molecule has 2 rings (SSSR count). The quantitative estimate of drug-likeness (QED) is 0.926. The van der Waals surface area contributed by atoms with Crippen LogP contribution in [0.1, 0.15) is 29.8 Å². The predicted octanol–water partition coefficient (Wildman–Crippen LogP) is 2.16. The molecule has 0 bridgehead atoms. The van der Waals surface area contributed by atoms with Crippen molar-refractivity contribution >= 4 is 17.7 Å². The highest BCUT2D eigenvalue weighted by atomic mass is 32.2. The number of nitrogens with zero attached hydrogens (tertiary/aromatic N) is 1. The van der Waals surface area contributed by atoms with Gasteiger partial charge in [-0.25, -0.2) is 0 Å². The van der Waals surface area contributed by atoms with Gasteiger partial charge >= 0.3 is 0 Å². The minimum absolute atomic E-state index is 0.00720. The molecule has 1 heterocycles. The SMILES string of the molecule is CSCc1cccc(C(=O)N2CC(CO)OC(C)(C)C2)c1. The molecule has 1 atom stereocenters. The molecule has 0 aromatic heterocycles. The summed E-state index contributed by atoms with van der Waals surface area (Å²) in [5, 5.41) is 9.34. The van der Waals surface area contributed by atoms with Crippen LogP contribution in [0, 0.1) is 0 Å². The van der Waals surface area contributed by atoms with Crippen LogP contribution in [-0.2, 0) is 10.5 Å². The molecule has 0 aliphatic carbocycles. The highest BCUT2D eigenvalue weighted by molar-refractivity contribution is 7.97. The molecule has 1 N–H and O–H groups in total. The number of carbonyl (C=O) groups is 1. The molecule has 1 unspecified atom stereocenters. The maximum atomic E-state index is 12.7. The van der Waals surface area contributed by atoms with Crippen molar-refractivity contribution in [3.8, 4) is 0 Å². The van der Waals surface area contributed by atoms with Gasteiger partial charge in [-0.2, -0.15) is 11.8 Å². The van der Waals surface area contributed by atoms with Gasteiger partial charge in [0.2, 0.25) is 0 Å². The number of morpholine rings is 1. The summed E-state index contributed by atoms with van der Waals surface area (Å²) in [6, 6.07) is 7.76. The Bertz CT molecular complexity index is 504. The molecule has 1 aromatic rings. The van der Waals surface area contributed by atoms with Crippen LogP contribution in [0.2, 0.25) is 0 Å². The van der Waals surface area contributed by atoms with Gasteiger partial charge in [-0.1, -0.05) is 12.1 Å². The Morgan fingerprint density at radius 1 is 1.52 bits per heavy atom. The molecule has 1 aliphatic heterocycles. The molecule has 1 fully saturated rings. The first-order valence-electron chi connectivity index (χ1n) is 7.11. The van der Waals surface area contributed by atoms with Crippen LogP contribution in [0.15, 0.2) is 24.3 Å². The van der Waals surface area contributed by atoms with Gasteiger partial charge < -0.3 is 14.7 Å². The number of ether oxygens (including phenoxy) is 1. The number of benzene rings is 1. The fourth-order valence-corrected chi connectivity index (χ4v) is 3.20. The molecule has 0 radical (unpaired) electrons. The van der Waals surface area contributed by atoms with Gasteiger partial charge in [-0.05, 0) is 37.8 Å². The molecule has 116 valence electrons. The van der Waals surface area contributed by atoms with E-state index in [1.165, 1.54) is 0 Å². The van der Waals surface area contributed by atoms with Gasteiger partial charge in [0.1, 0.15) is 0 Å². The topological polar surface area (TPSA) is 49.8 Å². The Balaban J connectivity index is 2.16. The first-order chi connectivity index (χ1) is 9.95. The number of aliphatic hydroxyl groups excluding tert-OH is 1. The summed E-state index contributed by atoms with van der Waals surface area (Å²) in [4.78, 5) is 14.5. The van der Waals surface area contributed by atoms with Crippen LogP contribution in [-0.4, -0.2) is 53.6 Å². The number of hydrogen-bond acceptors (Lipinski definition) is 4. The largest absolute Gasteiger partial charge is 0.394 e. The van der Waals surface area contributed by atoms with E-state index in [1.54, 1.807) is 16.7 Å². The Morgan fingerprint density at radius 2 is 2.29 bits per heavy atom. The van der Waals surface area contributed by atoms with Crippen molar-refractivity contribution in [2.75, 3.05) is 26.0 Å². The summed E-state index contributed by atoms with van der Waals surface area (Å²) in [5.41, 5.74) is 1.42. The van der Waals surface area contributed by atoms with Crippen molar-refractivity contribution in [2.24, 2.45) is 0 Å². The molecular weight excluding hydrogens is 286 g/mol. The molecule has 0 saturated carbocycles. The Labute approximate surface area is 130 Å². The third-order valence-electron chi connectivity index (χ3n) is 3.46. The van der Waals surface area contributed by atoms with Gasteiger partial charge in [-0.3, -0.25) is 4.79 Å². The number of rotatable bonds is 4. The monoisotopic (exact) mass is 309 g/mol. The average molecular weight is 309 g/mol. The second-order valence-electron chi connectivity index (χ2n) is 6.00. The summed E-state index contributed by atoms with van der Waals surface area (Å²) in [7, 11) is 0. The van der Waals surface area contributed by atoms with Crippen LogP contribution in [0.4, 0.5) is 0 Å². The van der Waals surface area contributed by atoms with Crippen LogP contribution < -0.4 is 0 Å². The lowest BCUT2D eigenvalue weighted by molar-refractivity contribution is -0.139. The van der Waals surface area contributed by atoms with E-state index in [0.717, 1.165) is 11.3 Å². The van der Waals surface area contributed by atoms with Crippen molar-refractivity contribution < 1.29 is 14.6 Å². The first-order valence-corrected chi connectivity index (χ1v) is 8.50. The Morgan fingerprint density at radius 3 is 2.95 bits per heavy atom. The third-order valence-corrected chi connectivity index (χ3v) is 4.08. The summed E-state index contributed by atoms with van der Waals surface area (Å²) >= 11 is 1.74. The van der Waals surface area contributed by atoms with Crippen LogP contribution >= 0.6 is 11.8 Å². The molecular formula is C16H23NO3S. The van der Waals surface area contributed by atoms with E-state index in [9.17, 15) is 9.90 Å². The number of thioether (sulfide) groups is 1. The Kier molecular flexibility index (Phi) is 5.30. The minimum atomic E-state index is -0.432. The van der Waals surface area contributed by atoms with Gasteiger partial charge in [-0.15, -0.1) is 0 Å². The van der Waals surface area contributed by atoms with E-state index < -0.39 is 5.60 Å². The van der Waals surface area contributed by atoms with Gasteiger partial charge in [0.25, 0.3) is 5.91 Å². The third kappa shape index (κ3) is 4.22. The van der Waals surface area contributed by atoms with E-state index in [4.69, 9.17) is 4.74 Å². The maximum Gasteiger partial charge on any atom is 0.254 e. The van der Waals surface area contributed by atoms with Gasteiger partial charge in [0.15, 0.2) is 0 Å². The maximum absolute atomic E-state index is 12.7. The molecule has 0 spiro atoms. The van der Waals surface area contributed by atoms with Crippen LogP contribution in [0.5, 0.6) is 0 Å². The second kappa shape index (κ2) is 6.81. The van der Waals surface area contributed by atoms with Gasteiger partial charge in [0.05, 0.1) is 18.3 Å². The zero-order valence-corrected chi connectivity index (χ0v) is 13.7. The van der Waals surface area contributed by atoms with Crippen LogP contribution in [0.3, 0.4) is 0 Å². The van der Waals surface area contributed by atoms with Crippen molar-refractivity contribution in [1.29, 1.82) is 0 Å². The minimum Gasteiger partial charge on any atom is -0.394 e. The molecule has 5 heteroatoms. The standard InChI is InChI=1S/C16H23NO3S/c1-16(2)11-17(8-14(9-18)20-16)15(19)13-6-4-5-12(7-13)10-21-3/h4-7,14,18H,8-11H2,1-3H3. The smallest absolute Gasteiger partial charge is 0.254 e. The van der Waals surface area contributed by atoms with Crippen LogP contribution in [0.25, 0.3) is 0 Å². The molecule has 1 saturated heterocycles. The van der Waals surface area contributed by atoms with Crippen molar-refractivity contribution in [3.63, 3.8) is 0 Å². The number of aliphatic hydroxyl groups is 1. The lowest BCUT2D eigenvalue weighted by Gasteiger charge is -2.42. The summed E-state index contributed by atoms with van der Waals surface area (Å²) in [5.74, 6) is 0.905. The van der Waals surface area contributed by atoms with E-state index in [0.29, 0.717) is 18.7 Å². The van der Waals surface area contributed by atoms with Crippen molar-refractivity contribution in [1.82, 2.24) is 4.90 Å². The fraction of sp³-hybridized carbons (Fsp3) is 0.562. The average Bonchev–Trinajstić information content (AvgIpc) is 2.45. The van der Waals surface area contributed by atoms with Crippen molar-refractivity contribution in [2.45, 2.75) is 31.3 Å². The summed E-state index contributed by atoms with van der Waals surface area (Å²) in [6.07, 6.45) is 1.73. The van der Waals surface area contributed by atoms with E-state index in [-0.39, 0.29) is 18.6 Å². The lowest BCUT2D eigenvalue weighted by Crippen LogP contribution is -2.55.